The predicted molar refractivity (Wildman–Crippen MR) is 114 cm³/mol. The number of benzene rings is 1. The molecule has 1 aromatic carbocycles. The van der Waals surface area contributed by atoms with Crippen molar-refractivity contribution < 1.29 is 4.74 Å². The van der Waals surface area contributed by atoms with Gasteiger partial charge in [0, 0.05) is 38.6 Å². The van der Waals surface area contributed by atoms with E-state index in [1.54, 1.807) is 0 Å². The van der Waals surface area contributed by atoms with E-state index in [4.69, 9.17) is 4.74 Å². The Morgan fingerprint density at radius 2 is 2.04 bits per heavy atom. The number of hydrogen-bond donors (Lipinski definition) is 2. The zero-order valence-corrected chi connectivity index (χ0v) is 17.8. The van der Waals surface area contributed by atoms with Crippen molar-refractivity contribution in [1.29, 1.82) is 0 Å². The van der Waals surface area contributed by atoms with Crippen LogP contribution in [0.2, 0.25) is 0 Å². The number of halogens is 1. The molecule has 2 N–H and O–H groups in total. The van der Waals surface area contributed by atoms with Gasteiger partial charge in [-0.15, -0.1) is 24.0 Å². The van der Waals surface area contributed by atoms with Crippen LogP contribution in [0, 0.1) is 0 Å². The lowest BCUT2D eigenvalue weighted by Crippen LogP contribution is -2.46. The zero-order valence-electron chi connectivity index (χ0n) is 15.5. The standard InChI is InChI=1S/C19H30N4O.HI/c1-14(2)23(16-8-9-16)11-10-21-19(20-3)22-13-17-12-15-6-4-5-7-18(15)24-17;/h4-7,14,16-17H,8-13H2,1-3H3,(H2,20,21,22);1H. The molecule has 0 spiro atoms. The second-order valence-corrected chi connectivity index (χ2v) is 6.99. The summed E-state index contributed by atoms with van der Waals surface area (Å²) in [6.45, 7) is 7.31. The summed E-state index contributed by atoms with van der Waals surface area (Å²) in [4.78, 5) is 6.90. The molecule has 140 valence electrons. The van der Waals surface area contributed by atoms with E-state index in [9.17, 15) is 0 Å². The van der Waals surface area contributed by atoms with E-state index in [0.29, 0.717) is 6.04 Å². The van der Waals surface area contributed by atoms with E-state index in [2.05, 4.69) is 46.5 Å². The Morgan fingerprint density at radius 3 is 2.68 bits per heavy atom. The summed E-state index contributed by atoms with van der Waals surface area (Å²) in [5.74, 6) is 1.87. The molecule has 0 amide bonds. The number of nitrogens with one attached hydrogen (secondary N) is 2. The number of fused-ring (bicyclic) bond motifs is 1. The number of nitrogens with zero attached hydrogens (tertiary/aromatic N) is 2. The van der Waals surface area contributed by atoms with E-state index >= 15 is 0 Å². The fraction of sp³-hybridized carbons (Fsp3) is 0.632. The summed E-state index contributed by atoms with van der Waals surface area (Å²) in [6, 6.07) is 9.68. The number of hydrogen-bond acceptors (Lipinski definition) is 3. The molecule has 25 heavy (non-hydrogen) atoms. The summed E-state index contributed by atoms with van der Waals surface area (Å²) in [5.41, 5.74) is 1.30. The Kier molecular flexibility index (Phi) is 7.81. The normalized spacial score (nSPS) is 19.4. The third kappa shape index (κ3) is 5.74. The van der Waals surface area contributed by atoms with Gasteiger partial charge in [-0.05, 0) is 38.3 Å². The largest absolute Gasteiger partial charge is 0.488 e. The third-order valence-electron chi connectivity index (χ3n) is 4.78. The minimum Gasteiger partial charge on any atom is -0.488 e. The van der Waals surface area contributed by atoms with Gasteiger partial charge in [0.1, 0.15) is 11.9 Å². The first-order valence-corrected chi connectivity index (χ1v) is 9.12. The van der Waals surface area contributed by atoms with Gasteiger partial charge in [0.2, 0.25) is 0 Å². The smallest absolute Gasteiger partial charge is 0.191 e. The van der Waals surface area contributed by atoms with Crippen LogP contribution in [0.1, 0.15) is 32.3 Å². The van der Waals surface area contributed by atoms with E-state index in [1.165, 1.54) is 18.4 Å². The van der Waals surface area contributed by atoms with Crippen LogP contribution in [0.15, 0.2) is 29.3 Å². The lowest BCUT2D eigenvalue weighted by atomic mass is 10.1. The molecule has 1 unspecified atom stereocenters. The number of ether oxygens (including phenoxy) is 1. The molecule has 5 nitrogen and oxygen atoms in total. The average Bonchev–Trinajstić information content (AvgIpc) is 3.32. The molecule has 6 heteroatoms. The number of para-hydroxylation sites is 1. The van der Waals surface area contributed by atoms with Gasteiger partial charge >= 0.3 is 0 Å². The number of rotatable bonds is 7. The molecule has 1 heterocycles. The van der Waals surface area contributed by atoms with Crippen molar-refractivity contribution in [3.05, 3.63) is 29.8 Å². The van der Waals surface area contributed by atoms with Crippen LogP contribution >= 0.6 is 24.0 Å². The molecule has 1 saturated carbocycles. The Morgan fingerprint density at radius 1 is 1.28 bits per heavy atom. The summed E-state index contributed by atoms with van der Waals surface area (Å²) < 4.78 is 5.96. The Hall–Kier alpha value is -1.02. The van der Waals surface area contributed by atoms with E-state index < -0.39 is 0 Å². The van der Waals surface area contributed by atoms with Gasteiger partial charge in [0.05, 0.1) is 6.54 Å². The van der Waals surface area contributed by atoms with Gasteiger partial charge in [0.15, 0.2) is 5.96 Å². The summed E-state index contributed by atoms with van der Waals surface area (Å²) in [6.07, 6.45) is 3.85. The maximum absolute atomic E-state index is 5.96. The summed E-state index contributed by atoms with van der Waals surface area (Å²) in [5, 5.41) is 6.81. The molecular formula is C19H31IN4O. The van der Waals surface area contributed by atoms with Crippen LogP contribution in [-0.2, 0) is 6.42 Å². The van der Waals surface area contributed by atoms with Crippen molar-refractivity contribution in [3.8, 4) is 5.75 Å². The zero-order chi connectivity index (χ0) is 16.9. The highest BCUT2D eigenvalue weighted by molar-refractivity contribution is 14.0. The minimum absolute atomic E-state index is 0. The van der Waals surface area contributed by atoms with Crippen LogP contribution < -0.4 is 15.4 Å². The highest BCUT2D eigenvalue weighted by Gasteiger charge is 2.30. The third-order valence-corrected chi connectivity index (χ3v) is 4.78. The maximum Gasteiger partial charge on any atom is 0.191 e. The van der Waals surface area contributed by atoms with Gasteiger partial charge in [-0.1, -0.05) is 18.2 Å². The first kappa shape index (κ1) is 20.3. The maximum atomic E-state index is 5.96. The molecular weight excluding hydrogens is 427 g/mol. The first-order valence-electron chi connectivity index (χ1n) is 9.12. The van der Waals surface area contributed by atoms with Crippen molar-refractivity contribution in [1.82, 2.24) is 15.5 Å². The summed E-state index contributed by atoms with van der Waals surface area (Å²) in [7, 11) is 1.82. The fourth-order valence-electron chi connectivity index (χ4n) is 3.37. The molecule has 3 rings (SSSR count). The molecule has 0 bridgehead atoms. The first-order chi connectivity index (χ1) is 11.7. The second kappa shape index (κ2) is 9.62. The van der Waals surface area contributed by atoms with Crippen molar-refractivity contribution in [2.45, 2.75) is 51.3 Å². The SMILES string of the molecule is CN=C(NCCN(C(C)C)C1CC1)NCC1Cc2ccccc2O1.I. The predicted octanol–water partition coefficient (Wildman–Crippen LogP) is 2.65. The Bertz CT molecular complexity index is 547. The van der Waals surface area contributed by atoms with Gasteiger partial charge in [-0.25, -0.2) is 0 Å². The topological polar surface area (TPSA) is 48.9 Å². The molecule has 0 saturated heterocycles. The second-order valence-electron chi connectivity index (χ2n) is 6.99. The summed E-state index contributed by atoms with van der Waals surface area (Å²) >= 11 is 0. The fourth-order valence-corrected chi connectivity index (χ4v) is 3.37. The highest BCUT2D eigenvalue weighted by atomic mass is 127. The molecule has 0 aromatic heterocycles. The number of aliphatic imine (C=N–C) groups is 1. The molecule has 1 atom stereocenters. The molecule has 1 aliphatic heterocycles. The highest BCUT2D eigenvalue weighted by Crippen LogP contribution is 2.28. The van der Waals surface area contributed by atoms with Gasteiger partial charge in [-0.3, -0.25) is 9.89 Å². The van der Waals surface area contributed by atoms with Crippen LogP contribution in [0.4, 0.5) is 0 Å². The number of guanidine groups is 1. The van der Waals surface area contributed by atoms with Gasteiger partial charge in [0.25, 0.3) is 0 Å². The minimum atomic E-state index is 0. The molecule has 1 aromatic rings. The van der Waals surface area contributed by atoms with E-state index in [-0.39, 0.29) is 30.1 Å². The average molecular weight is 458 g/mol. The monoisotopic (exact) mass is 458 g/mol. The van der Waals surface area contributed by atoms with Gasteiger partial charge in [-0.2, -0.15) is 0 Å². The van der Waals surface area contributed by atoms with E-state index in [1.807, 2.05) is 19.2 Å². The molecule has 2 aliphatic rings. The van der Waals surface area contributed by atoms with Gasteiger partial charge < -0.3 is 15.4 Å². The lowest BCUT2D eigenvalue weighted by molar-refractivity contribution is 0.214. The molecule has 1 fully saturated rings. The van der Waals surface area contributed by atoms with Crippen molar-refractivity contribution in [3.63, 3.8) is 0 Å². The van der Waals surface area contributed by atoms with Crippen LogP contribution in [-0.4, -0.2) is 55.7 Å². The molecule has 0 radical (unpaired) electrons. The van der Waals surface area contributed by atoms with Crippen LogP contribution in [0.25, 0.3) is 0 Å². The quantitative estimate of drug-likeness (QED) is 0.375. The van der Waals surface area contributed by atoms with Crippen molar-refractivity contribution >= 4 is 29.9 Å². The Balaban J connectivity index is 0.00000225. The van der Waals surface area contributed by atoms with Crippen LogP contribution in [0.5, 0.6) is 5.75 Å². The van der Waals surface area contributed by atoms with E-state index in [0.717, 1.165) is 43.8 Å². The van der Waals surface area contributed by atoms with Crippen molar-refractivity contribution in [2.24, 2.45) is 4.99 Å². The van der Waals surface area contributed by atoms with Crippen molar-refractivity contribution in [2.75, 3.05) is 26.7 Å². The Labute approximate surface area is 168 Å². The van der Waals surface area contributed by atoms with Crippen LogP contribution in [0.3, 0.4) is 0 Å². The lowest BCUT2D eigenvalue weighted by Gasteiger charge is -2.26. The molecule has 1 aliphatic carbocycles.